The summed E-state index contributed by atoms with van der Waals surface area (Å²) in [4.78, 5) is 13.4. The molecule has 0 aromatic carbocycles. The molecular formula is C18H29N7. The van der Waals surface area contributed by atoms with E-state index in [9.17, 15) is 0 Å². The Balaban J connectivity index is 1.67. The Bertz CT molecular complexity index is 682. The Kier molecular flexibility index (Phi) is 5.53. The monoisotopic (exact) mass is 343 g/mol. The second-order valence-electron chi connectivity index (χ2n) is 7.26. The summed E-state index contributed by atoms with van der Waals surface area (Å²) in [7, 11) is 6.11. The van der Waals surface area contributed by atoms with Crippen LogP contribution in [-0.4, -0.2) is 58.4 Å². The molecule has 0 aliphatic carbocycles. The highest BCUT2D eigenvalue weighted by Gasteiger charge is 2.19. The molecule has 3 heterocycles. The van der Waals surface area contributed by atoms with E-state index in [1.165, 1.54) is 18.4 Å². The predicted molar refractivity (Wildman–Crippen MR) is 101 cm³/mol. The molecule has 0 radical (unpaired) electrons. The maximum absolute atomic E-state index is 4.47. The smallest absolute Gasteiger partial charge is 0.134 e. The van der Waals surface area contributed by atoms with Crippen LogP contribution in [0.3, 0.4) is 0 Å². The predicted octanol–water partition coefficient (Wildman–Crippen LogP) is 2.16. The maximum Gasteiger partial charge on any atom is 0.134 e. The van der Waals surface area contributed by atoms with Gasteiger partial charge in [0.05, 0.1) is 12.2 Å². The van der Waals surface area contributed by atoms with E-state index < -0.39 is 0 Å². The molecule has 1 aliphatic rings. The fourth-order valence-electron chi connectivity index (χ4n) is 3.43. The number of likely N-dealkylation sites (N-methyl/N-ethyl adjacent to an activating group) is 1. The summed E-state index contributed by atoms with van der Waals surface area (Å²) < 4.78 is 1.84. The van der Waals surface area contributed by atoms with Crippen LogP contribution >= 0.6 is 0 Å². The minimum absolute atomic E-state index is 0.238. The van der Waals surface area contributed by atoms with E-state index in [0.717, 1.165) is 37.2 Å². The quantitative estimate of drug-likeness (QED) is 0.867. The summed E-state index contributed by atoms with van der Waals surface area (Å²) in [5.74, 6) is 2.62. The molecule has 2 unspecified atom stereocenters. The molecule has 1 N–H and O–H groups in total. The molecule has 0 saturated carbocycles. The minimum atomic E-state index is 0.238. The van der Waals surface area contributed by atoms with Gasteiger partial charge < -0.3 is 15.1 Å². The highest BCUT2D eigenvalue weighted by molar-refractivity contribution is 5.48. The van der Waals surface area contributed by atoms with Crippen molar-refractivity contribution in [1.82, 2.24) is 24.6 Å². The van der Waals surface area contributed by atoms with E-state index in [1.54, 1.807) is 6.33 Å². The largest absolute Gasteiger partial charge is 0.368 e. The molecule has 0 bridgehead atoms. The zero-order valence-corrected chi connectivity index (χ0v) is 15.7. The van der Waals surface area contributed by atoms with Gasteiger partial charge in [0.25, 0.3) is 0 Å². The Morgan fingerprint density at radius 3 is 2.88 bits per heavy atom. The van der Waals surface area contributed by atoms with Crippen molar-refractivity contribution in [3.05, 3.63) is 30.4 Å². The van der Waals surface area contributed by atoms with Gasteiger partial charge in [0, 0.05) is 44.5 Å². The Morgan fingerprint density at radius 2 is 2.20 bits per heavy atom. The van der Waals surface area contributed by atoms with Crippen LogP contribution in [0, 0.1) is 5.92 Å². The topological polar surface area (TPSA) is 62.1 Å². The summed E-state index contributed by atoms with van der Waals surface area (Å²) in [6.45, 7) is 5.23. The lowest BCUT2D eigenvalue weighted by Gasteiger charge is -2.32. The zero-order valence-electron chi connectivity index (χ0n) is 15.7. The number of aryl methyl sites for hydroxylation is 1. The SMILES string of the molecule is CC1CCCN(c2cc(NCC(c3cnn(C)c3)N(C)C)ncn2)C1. The van der Waals surface area contributed by atoms with Crippen molar-refractivity contribution in [3.63, 3.8) is 0 Å². The van der Waals surface area contributed by atoms with Crippen molar-refractivity contribution in [2.45, 2.75) is 25.8 Å². The van der Waals surface area contributed by atoms with Crippen LogP contribution in [-0.2, 0) is 7.05 Å². The second-order valence-corrected chi connectivity index (χ2v) is 7.26. The van der Waals surface area contributed by atoms with Gasteiger partial charge in [-0.2, -0.15) is 5.10 Å². The fourth-order valence-corrected chi connectivity index (χ4v) is 3.43. The lowest BCUT2D eigenvalue weighted by atomic mass is 10.0. The average Bonchev–Trinajstić information content (AvgIpc) is 3.01. The van der Waals surface area contributed by atoms with Gasteiger partial charge in [-0.15, -0.1) is 0 Å². The molecule has 136 valence electrons. The van der Waals surface area contributed by atoms with Gasteiger partial charge in [-0.25, -0.2) is 9.97 Å². The van der Waals surface area contributed by atoms with E-state index >= 15 is 0 Å². The van der Waals surface area contributed by atoms with Crippen molar-refractivity contribution >= 4 is 11.6 Å². The normalized spacial score (nSPS) is 19.2. The molecule has 7 nitrogen and oxygen atoms in total. The number of aromatic nitrogens is 4. The first kappa shape index (κ1) is 17.7. The zero-order chi connectivity index (χ0) is 17.8. The Morgan fingerprint density at radius 1 is 1.36 bits per heavy atom. The summed E-state index contributed by atoms with van der Waals surface area (Å²) in [6.07, 6.45) is 8.19. The molecule has 25 heavy (non-hydrogen) atoms. The van der Waals surface area contributed by atoms with Gasteiger partial charge in [-0.3, -0.25) is 4.68 Å². The van der Waals surface area contributed by atoms with Crippen LogP contribution in [0.15, 0.2) is 24.8 Å². The van der Waals surface area contributed by atoms with Crippen LogP contribution in [0.25, 0.3) is 0 Å². The van der Waals surface area contributed by atoms with Crippen LogP contribution in [0.5, 0.6) is 0 Å². The molecule has 2 aromatic rings. The number of nitrogens with zero attached hydrogens (tertiary/aromatic N) is 6. The van der Waals surface area contributed by atoms with Gasteiger partial charge in [0.1, 0.15) is 18.0 Å². The van der Waals surface area contributed by atoms with E-state index in [0.29, 0.717) is 0 Å². The molecule has 7 heteroatoms. The first-order chi connectivity index (χ1) is 12.0. The highest BCUT2D eigenvalue weighted by atomic mass is 15.3. The second kappa shape index (κ2) is 7.82. The van der Waals surface area contributed by atoms with Crippen LogP contribution in [0.4, 0.5) is 11.6 Å². The van der Waals surface area contributed by atoms with Crippen LogP contribution < -0.4 is 10.2 Å². The number of rotatable bonds is 6. The lowest BCUT2D eigenvalue weighted by Crippen LogP contribution is -2.34. The Labute approximate surface area is 150 Å². The molecule has 2 aromatic heterocycles. The molecule has 3 rings (SSSR count). The first-order valence-corrected chi connectivity index (χ1v) is 8.98. The lowest BCUT2D eigenvalue weighted by molar-refractivity contribution is 0.311. The molecule has 1 aliphatic heterocycles. The van der Waals surface area contributed by atoms with Gasteiger partial charge >= 0.3 is 0 Å². The first-order valence-electron chi connectivity index (χ1n) is 8.98. The number of hydrogen-bond donors (Lipinski definition) is 1. The molecule has 1 saturated heterocycles. The minimum Gasteiger partial charge on any atom is -0.368 e. The van der Waals surface area contributed by atoms with E-state index in [2.05, 4.69) is 63.5 Å². The van der Waals surface area contributed by atoms with Crippen molar-refractivity contribution in [2.24, 2.45) is 13.0 Å². The van der Waals surface area contributed by atoms with E-state index in [4.69, 9.17) is 0 Å². The molecule has 0 spiro atoms. The van der Waals surface area contributed by atoms with Crippen molar-refractivity contribution < 1.29 is 0 Å². The number of anilines is 2. The van der Waals surface area contributed by atoms with Gasteiger partial charge in [0.15, 0.2) is 0 Å². The summed E-state index contributed by atoms with van der Waals surface area (Å²) in [6, 6.07) is 2.30. The third kappa shape index (κ3) is 4.48. The van der Waals surface area contributed by atoms with Crippen LogP contribution in [0.2, 0.25) is 0 Å². The number of piperidine rings is 1. The fraction of sp³-hybridized carbons (Fsp3) is 0.611. The summed E-state index contributed by atoms with van der Waals surface area (Å²) >= 11 is 0. The third-order valence-electron chi connectivity index (χ3n) is 4.84. The third-order valence-corrected chi connectivity index (χ3v) is 4.84. The van der Waals surface area contributed by atoms with Gasteiger partial charge in [-0.1, -0.05) is 6.92 Å². The maximum atomic E-state index is 4.47. The molecular weight excluding hydrogens is 314 g/mol. The van der Waals surface area contributed by atoms with Crippen molar-refractivity contribution in [3.8, 4) is 0 Å². The molecule has 2 atom stereocenters. The van der Waals surface area contributed by atoms with E-state index in [1.807, 2.05) is 17.9 Å². The van der Waals surface area contributed by atoms with Gasteiger partial charge in [0.2, 0.25) is 0 Å². The number of hydrogen-bond acceptors (Lipinski definition) is 6. The average molecular weight is 343 g/mol. The summed E-state index contributed by atoms with van der Waals surface area (Å²) in [5, 5.41) is 7.76. The molecule has 1 fully saturated rings. The van der Waals surface area contributed by atoms with Crippen molar-refractivity contribution in [1.29, 1.82) is 0 Å². The molecule has 0 amide bonds. The van der Waals surface area contributed by atoms with Crippen molar-refractivity contribution in [2.75, 3.05) is 43.9 Å². The standard InChI is InChI=1S/C18H29N7/c1-14-6-5-7-25(11-14)18-8-17(20-13-21-18)19-10-16(23(2)3)15-9-22-24(4)12-15/h8-9,12-14,16H,5-7,10-11H2,1-4H3,(H,19,20,21). The summed E-state index contributed by atoms with van der Waals surface area (Å²) in [5.41, 5.74) is 1.19. The Hall–Kier alpha value is -2.15. The van der Waals surface area contributed by atoms with Gasteiger partial charge in [-0.05, 0) is 32.9 Å². The number of nitrogens with one attached hydrogen (secondary N) is 1. The van der Waals surface area contributed by atoms with Crippen LogP contribution in [0.1, 0.15) is 31.4 Å². The highest BCUT2D eigenvalue weighted by Crippen LogP contribution is 2.23. The van der Waals surface area contributed by atoms with E-state index in [-0.39, 0.29) is 6.04 Å².